The number of nitrogens with zero attached hydrogens (tertiary/aromatic N) is 1. The van der Waals surface area contributed by atoms with Crippen molar-refractivity contribution in [2.45, 2.75) is 19.8 Å². The van der Waals surface area contributed by atoms with Crippen LogP contribution < -0.4 is 10.1 Å². The SMILES string of the molecule is C=C.COc1c(Nc2cc(Cl)ncc2C(=O)C2CC2)cccc1C(C)=N. The Morgan fingerprint density at radius 3 is 2.58 bits per heavy atom. The molecule has 2 aromatic rings. The number of nitrogens with one attached hydrogen (secondary N) is 2. The Balaban J connectivity index is 0.00000117. The third-order valence-electron chi connectivity index (χ3n) is 3.98. The van der Waals surface area contributed by atoms with Crippen LogP contribution in [-0.2, 0) is 0 Å². The number of hydrogen-bond acceptors (Lipinski definition) is 5. The quantitative estimate of drug-likeness (QED) is 0.314. The van der Waals surface area contributed by atoms with Gasteiger partial charge in [0.2, 0.25) is 0 Å². The number of aromatic nitrogens is 1. The molecular weight excluding hydrogens is 350 g/mol. The van der Waals surface area contributed by atoms with E-state index < -0.39 is 0 Å². The van der Waals surface area contributed by atoms with E-state index in [2.05, 4.69) is 23.5 Å². The van der Waals surface area contributed by atoms with Gasteiger partial charge in [-0.3, -0.25) is 4.79 Å². The van der Waals surface area contributed by atoms with E-state index in [0.717, 1.165) is 12.8 Å². The van der Waals surface area contributed by atoms with E-state index in [1.165, 1.54) is 6.20 Å². The summed E-state index contributed by atoms with van der Waals surface area (Å²) in [6, 6.07) is 7.14. The second kappa shape index (κ2) is 8.63. The van der Waals surface area contributed by atoms with Gasteiger partial charge in [0, 0.05) is 23.4 Å². The molecule has 6 heteroatoms. The number of carbonyl (C=O) groups is 1. The number of carbonyl (C=O) groups excluding carboxylic acids is 1. The number of Topliss-reactive ketones (excluding diaryl/α,β-unsaturated/α-hetero) is 1. The zero-order valence-corrected chi connectivity index (χ0v) is 15.7. The summed E-state index contributed by atoms with van der Waals surface area (Å²) in [5.74, 6) is 0.730. The lowest BCUT2D eigenvalue weighted by atomic mass is 10.1. The number of para-hydroxylation sites is 1. The van der Waals surface area contributed by atoms with Gasteiger partial charge in [0.1, 0.15) is 5.15 Å². The fourth-order valence-electron chi connectivity index (χ4n) is 2.59. The fourth-order valence-corrected chi connectivity index (χ4v) is 2.75. The molecule has 3 rings (SSSR count). The Hall–Kier alpha value is -2.66. The smallest absolute Gasteiger partial charge is 0.169 e. The van der Waals surface area contributed by atoms with Gasteiger partial charge in [-0.05, 0) is 38.0 Å². The van der Waals surface area contributed by atoms with Gasteiger partial charge in [-0.1, -0.05) is 17.7 Å². The molecule has 0 amide bonds. The summed E-state index contributed by atoms with van der Waals surface area (Å²) in [5.41, 5.74) is 2.90. The van der Waals surface area contributed by atoms with Crippen molar-refractivity contribution in [2.75, 3.05) is 12.4 Å². The first-order valence-corrected chi connectivity index (χ1v) is 8.58. The van der Waals surface area contributed by atoms with Crippen LogP contribution in [0.15, 0.2) is 43.6 Å². The van der Waals surface area contributed by atoms with Crippen molar-refractivity contribution in [3.05, 3.63) is 59.9 Å². The van der Waals surface area contributed by atoms with E-state index in [0.29, 0.717) is 39.1 Å². The molecule has 0 aliphatic heterocycles. The van der Waals surface area contributed by atoms with Gasteiger partial charge < -0.3 is 15.5 Å². The molecule has 0 saturated heterocycles. The fraction of sp³-hybridized carbons (Fsp3) is 0.250. The first kappa shape index (κ1) is 19.7. The molecule has 0 bridgehead atoms. The minimum absolute atomic E-state index is 0.0834. The van der Waals surface area contributed by atoms with Crippen molar-refractivity contribution in [1.29, 1.82) is 5.41 Å². The topological polar surface area (TPSA) is 75.1 Å². The summed E-state index contributed by atoms with van der Waals surface area (Å²) in [4.78, 5) is 16.5. The van der Waals surface area contributed by atoms with Crippen molar-refractivity contribution in [1.82, 2.24) is 4.98 Å². The maximum absolute atomic E-state index is 12.5. The lowest BCUT2D eigenvalue weighted by Crippen LogP contribution is -2.08. The van der Waals surface area contributed by atoms with Crippen LogP contribution in [-0.4, -0.2) is 23.6 Å². The number of benzene rings is 1. The van der Waals surface area contributed by atoms with E-state index >= 15 is 0 Å². The highest BCUT2D eigenvalue weighted by molar-refractivity contribution is 6.29. The Bertz CT molecular complexity index is 832. The van der Waals surface area contributed by atoms with Crippen molar-refractivity contribution in [3.8, 4) is 5.75 Å². The van der Waals surface area contributed by atoms with Gasteiger partial charge in [-0.2, -0.15) is 0 Å². The average Bonchev–Trinajstić information content (AvgIpc) is 3.48. The van der Waals surface area contributed by atoms with Crippen LogP contribution in [0.5, 0.6) is 5.75 Å². The largest absolute Gasteiger partial charge is 0.494 e. The minimum atomic E-state index is 0.0834. The molecule has 0 spiro atoms. The number of anilines is 2. The van der Waals surface area contributed by atoms with Crippen LogP contribution >= 0.6 is 11.6 Å². The molecule has 26 heavy (non-hydrogen) atoms. The second-order valence-corrected chi connectivity index (χ2v) is 6.21. The van der Waals surface area contributed by atoms with Crippen LogP contribution in [0.1, 0.15) is 35.7 Å². The zero-order chi connectivity index (χ0) is 19.3. The Morgan fingerprint density at radius 2 is 2.00 bits per heavy atom. The predicted octanol–water partition coefficient (Wildman–Crippen LogP) is 5.27. The summed E-state index contributed by atoms with van der Waals surface area (Å²) < 4.78 is 5.46. The lowest BCUT2D eigenvalue weighted by molar-refractivity contribution is 0.0968. The van der Waals surface area contributed by atoms with E-state index in [4.69, 9.17) is 21.7 Å². The van der Waals surface area contributed by atoms with Crippen LogP contribution in [0.4, 0.5) is 11.4 Å². The predicted molar refractivity (Wildman–Crippen MR) is 106 cm³/mol. The van der Waals surface area contributed by atoms with Gasteiger partial charge in [0.05, 0.1) is 24.0 Å². The number of ether oxygens (including phenoxy) is 1. The van der Waals surface area contributed by atoms with Gasteiger partial charge in [0.15, 0.2) is 11.5 Å². The van der Waals surface area contributed by atoms with Crippen LogP contribution in [0, 0.1) is 11.3 Å². The summed E-state index contributed by atoms with van der Waals surface area (Å²) in [6.07, 6.45) is 3.36. The molecule has 2 N–H and O–H groups in total. The molecule has 0 atom stereocenters. The first-order valence-electron chi connectivity index (χ1n) is 8.20. The molecule has 1 aromatic heterocycles. The van der Waals surface area contributed by atoms with E-state index in [9.17, 15) is 4.79 Å². The number of rotatable bonds is 6. The summed E-state index contributed by atoms with van der Waals surface area (Å²) in [7, 11) is 1.56. The van der Waals surface area contributed by atoms with Crippen molar-refractivity contribution in [2.24, 2.45) is 5.92 Å². The molecule has 0 radical (unpaired) electrons. The average molecular weight is 372 g/mol. The molecule has 1 heterocycles. The number of pyridine rings is 1. The summed E-state index contributed by atoms with van der Waals surface area (Å²) in [5, 5.41) is 11.4. The highest BCUT2D eigenvalue weighted by Crippen LogP contribution is 2.37. The van der Waals surface area contributed by atoms with Gasteiger partial charge in [0.25, 0.3) is 0 Å². The zero-order valence-electron chi connectivity index (χ0n) is 14.9. The van der Waals surface area contributed by atoms with Crippen LogP contribution in [0.2, 0.25) is 5.15 Å². The maximum Gasteiger partial charge on any atom is 0.169 e. The number of methoxy groups -OCH3 is 1. The molecule has 0 unspecified atom stereocenters. The van der Waals surface area contributed by atoms with E-state index in [1.54, 1.807) is 20.1 Å². The monoisotopic (exact) mass is 371 g/mol. The Morgan fingerprint density at radius 1 is 1.31 bits per heavy atom. The molecular formula is C20H22ClN3O2. The molecule has 1 aromatic carbocycles. The third-order valence-corrected chi connectivity index (χ3v) is 4.18. The molecule has 1 saturated carbocycles. The molecule has 1 aliphatic carbocycles. The normalized spacial score (nSPS) is 12.6. The number of hydrogen-bond donors (Lipinski definition) is 2. The Labute approximate surface area is 158 Å². The highest BCUT2D eigenvalue weighted by atomic mass is 35.5. The third kappa shape index (κ3) is 4.29. The van der Waals surface area contributed by atoms with E-state index in [-0.39, 0.29) is 11.7 Å². The molecule has 5 nitrogen and oxygen atoms in total. The summed E-state index contributed by atoms with van der Waals surface area (Å²) in [6.45, 7) is 7.70. The Kier molecular flexibility index (Phi) is 6.52. The van der Waals surface area contributed by atoms with Gasteiger partial charge >= 0.3 is 0 Å². The van der Waals surface area contributed by atoms with Crippen molar-refractivity contribution in [3.63, 3.8) is 0 Å². The van der Waals surface area contributed by atoms with Crippen LogP contribution in [0.25, 0.3) is 0 Å². The lowest BCUT2D eigenvalue weighted by Gasteiger charge is -2.16. The highest BCUT2D eigenvalue weighted by Gasteiger charge is 2.32. The number of halogens is 1. The van der Waals surface area contributed by atoms with Gasteiger partial charge in [-0.15, -0.1) is 13.2 Å². The molecule has 136 valence electrons. The minimum Gasteiger partial charge on any atom is -0.494 e. The maximum atomic E-state index is 12.5. The molecule has 1 fully saturated rings. The first-order chi connectivity index (χ1) is 12.5. The van der Waals surface area contributed by atoms with E-state index in [1.807, 2.05) is 18.2 Å². The second-order valence-electron chi connectivity index (χ2n) is 5.83. The van der Waals surface area contributed by atoms with Gasteiger partial charge in [-0.25, -0.2) is 4.98 Å². The van der Waals surface area contributed by atoms with Crippen molar-refractivity contribution < 1.29 is 9.53 Å². The summed E-state index contributed by atoms with van der Waals surface area (Å²) >= 11 is 6.01. The van der Waals surface area contributed by atoms with Crippen molar-refractivity contribution >= 4 is 34.5 Å². The molecule has 1 aliphatic rings. The standard InChI is InChI=1S/C18H18ClN3O2.C2H4/c1-10(20)12-4-3-5-14(18(12)24-2)22-15-8-16(19)21-9-13(15)17(23)11-6-7-11;1-2/h3-5,8-9,11,20H,6-7H2,1-2H3,(H,21,22);1-2H2. The number of ketones is 1. The van der Waals surface area contributed by atoms with Crippen LogP contribution in [0.3, 0.4) is 0 Å².